The average Bonchev–Trinajstić information content (AvgIpc) is 3.79. The SMILES string of the molecule is c1ccc(-c2ncc(-c3cccc(-c4ccnc(-n5c6ccccc6c6cc(-c7ccc8c9ccccc9n(-c9ccccc9)c8c7)ccc65)n4)c3)cn2)cc1. The third-order valence-corrected chi connectivity index (χ3v) is 10.7. The zero-order valence-corrected chi connectivity index (χ0v) is 30.2. The van der Waals surface area contributed by atoms with Crippen LogP contribution in [0.15, 0.2) is 195 Å². The van der Waals surface area contributed by atoms with Crippen LogP contribution in [-0.2, 0) is 0 Å². The monoisotopic (exact) mass is 716 g/mol. The molecule has 0 bridgehead atoms. The first-order valence-corrected chi connectivity index (χ1v) is 18.7. The van der Waals surface area contributed by atoms with E-state index in [2.05, 4.69) is 159 Å². The third kappa shape index (κ3) is 5.27. The lowest BCUT2D eigenvalue weighted by Crippen LogP contribution is -2.01. The van der Waals surface area contributed by atoms with Gasteiger partial charge in [0.1, 0.15) is 0 Å². The highest BCUT2D eigenvalue weighted by atomic mass is 15.2. The summed E-state index contributed by atoms with van der Waals surface area (Å²) in [5.41, 5.74) is 12.7. The Morgan fingerprint density at radius 3 is 1.73 bits per heavy atom. The lowest BCUT2D eigenvalue weighted by molar-refractivity contribution is 0.992. The van der Waals surface area contributed by atoms with Gasteiger partial charge in [-0.05, 0) is 71.3 Å². The molecule has 56 heavy (non-hydrogen) atoms. The van der Waals surface area contributed by atoms with Gasteiger partial charge in [-0.2, -0.15) is 0 Å². The molecule has 7 aromatic carbocycles. The van der Waals surface area contributed by atoms with Gasteiger partial charge in [0.25, 0.3) is 0 Å². The van der Waals surface area contributed by atoms with Crippen LogP contribution < -0.4 is 0 Å². The molecule has 0 fully saturated rings. The summed E-state index contributed by atoms with van der Waals surface area (Å²) in [5, 5.41) is 4.79. The van der Waals surface area contributed by atoms with Crippen LogP contribution in [0.25, 0.3) is 100 Å². The largest absolute Gasteiger partial charge is 0.309 e. The number of hydrogen-bond donors (Lipinski definition) is 0. The van der Waals surface area contributed by atoms with Crippen LogP contribution in [0.4, 0.5) is 0 Å². The fraction of sp³-hybridized carbons (Fsp3) is 0. The van der Waals surface area contributed by atoms with Crippen molar-refractivity contribution in [1.82, 2.24) is 29.1 Å². The molecule has 0 saturated carbocycles. The first kappa shape index (κ1) is 31.8. The molecule has 0 N–H and O–H groups in total. The number of rotatable bonds is 6. The first-order valence-electron chi connectivity index (χ1n) is 18.7. The van der Waals surface area contributed by atoms with Crippen LogP contribution in [0.1, 0.15) is 0 Å². The van der Waals surface area contributed by atoms with E-state index in [1.807, 2.05) is 55.0 Å². The second-order valence-corrected chi connectivity index (χ2v) is 14.0. The highest BCUT2D eigenvalue weighted by Crippen LogP contribution is 2.38. The maximum atomic E-state index is 5.17. The summed E-state index contributed by atoms with van der Waals surface area (Å²) in [4.78, 5) is 19.3. The number of para-hydroxylation sites is 3. The van der Waals surface area contributed by atoms with E-state index in [9.17, 15) is 0 Å². The van der Waals surface area contributed by atoms with Crippen molar-refractivity contribution in [2.75, 3.05) is 0 Å². The molecular weight excluding hydrogens is 685 g/mol. The van der Waals surface area contributed by atoms with Crippen molar-refractivity contribution < 1.29 is 0 Å². The van der Waals surface area contributed by atoms with Crippen molar-refractivity contribution in [2.45, 2.75) is 0 Å². The van der Waals surface area contributed by atoms with Crippen molar-refractivity contribution in [2.24, 2.45) is 0 Å². The molecule has 0 radical (unpaired) electrons. The summed E-state index contributed by atoms with van der Waals surface area (Å²) in [7, 11) is 0. The van der Waals surface area contributed by atoms with Crippen LogP contribution >= 0.6 is 0 Å². The molecular formula is C50H32N6. The molecule has 0 aliphatic carbocycles. The predicted octanol–water partition coefficient (Wildman–Crippen LogP) is 12.1. The molecule has 0 saturated heterocycles. The Hall–Kier alpha value is -7.70. The molecule has 4 aromatic heterocycles. The number of benzene rings is 7. The summed E-state index contributed by atoms with van der Waals surface area (Å²) in [6, 6.07) is 61.7. The van der Waals surface area contributed by atoms with Gasteiger partial charge in [0.2, 0.25) is 5.95 Å². The minimum atomic E-state index is 0.621. The quantitative estimate of drug-likeness (QED) is 0.172. The Bertz CT molecular complexity index is 3240. The number of nitrogens with zero attached hydrogens (tertiary/aromatic N) is 6. The smallest absolute Gasteiger partial charge is 0.235 e. The highest BCUT2D eigenvalue weighted by Gasteiger charge is 2.17. The first-order chi connectivity index (χ1) is 27.8. The lowest BCUT2D eigenvalue weighted by atomic mass is 10.0. The molecule has 0 aliphatic rings. The Labute approximate surface area is 322 Å². The van der Waals surface area contributed by atoms with Crippen molar-refractivity contribution >= 4 is 43.6 Å². The fourth-order valence-electron chi connectivity index (χ4n) is 8.06. The zero-order chi connectivity index (χ0) is 37.0. The van der Waals surface area contributed by atoms with Crippen molar-refractivity contribution in [3.05, 3.63) is 195 Å². The van der Waals surface area contributed by atoms with Crippen LogP contribution in [0.5, 0.6) is 0 Å². The van der Waals surface area contributed by atoms with Gasteiger partial charge in [0, 0.05) is 62.5 Å². The van der Waals surface area contributed by atoms with Crippen LogP contribution in [0.3, 0.4) is 0 Å². The summed E-state index contributed by atoms with van der Waals surface area (Å²) in [6.45, 7) is 0. The number of hydrogen-bond acceptors (Lipinski definition) is 4. The van der Waals surface area contributed by atoms with Crippen LogP contribution in [0.2, 0.25) is 0 Å². The normalized spacial score (nSPS) is 11.6. The second-order valence-electron chi connectivity index (χ2n) is 14.0. The van der Waals surface area contributed by atoms with Gasteiger partial charge in [-0.25, -0.2) is 19.9 Å². The van der Waals surface area contributed by atoms with E-state index in [4.69, 9.17) is 9.97 Å². The molecule has 0 unspecified atom stereocenters. The molecule has 11 aromatic rings. The Morgan fingerprint density at radius 1 is 0.339 bits per heavy atom. The third-order valence-electron chi connectivity index (χ3n) is 10.7. The summed E-state index contributed by atoms with van der Waals surface area (Å²) >= 11 is 0. The molecule has 6 heteroatoms. The van der Waals surface area contributed by atoms with Crippen molar-refractivity contribution in [3.63, 3.8) is 0 Å². The maximum absolute atomic E-state index is 5.17. The van der Waals surface area contributed by atoms with E-state index >= 15 is 0 Å². The summed E-state index contributed by atoms with van der Waals surface area (Å²) < 4.78 is 4.54. The van der Waals surface area contributed by atoms with Crippen LogP contribution in [-0.4, -0.2) is 29.1 Å². The van der Waals surface area contributed by atoms with E-state index in [1.54, 1.807) is 0 Å². The molecule has 6 nitrogen and oxygen atoms in total. The zero-order valence-electron chi connectivity index (χ0n) is 30.2. The van der Waals surface area contributed by atoms with E-state index in [-0.39, 0.29) is 0 Å². The van der Waals surface area contributed by atoms with Gasteiger partial charge in [0.15, 0.2) is 5.82 Å². The average molecular weight is 717 g/mol. The van der Waals surface area contributed by atoms with Gasteiger partial charge >= 0.3 is 0 Å². The van der Waals surface area contributed by atoms with E-state index in [1.165, 1.54) is 21.8 Å². The fourth-order valence-corrected chi connectivity index (χ4v) is 8.06. The van der Waals surface area contributed by atoms with Crippen molar-refractivity contribution in [3.8, 4) is 56.5 Å². The van der Waals surface area contributed by atoms with Gasteiger partial charge in [-0.1, -0.05) is 121 Å². The predicted molar refractivity (Wildman–Crippen MR) is 228 cm³/mol. The minimum absolute atomic E-state index is 0.621. The van der Waals surface area contributed by atoms with Crippen LogP contribution in [0, 0.1) is 0 Å². The summed E-state index contributed by atoms with van der Waals surface area (Å²) in [5.74, 6) is 1.33. The molecule has 0 atom stereocenters. The molecule has 0 spiro atoms. The highest BCUT2D eigenvalue weighted by molar-refractivity contribution is 6.12. The Balaban J connectivity index is 0.992. The molecule has 11 rings (SSSR count). The molecule has 0 amide bonds. The van der Waals surface area contributed by atoms with E-state index in [0.29, 0.717) is 11.8 Å². The maximum Gasteiger partial charge on any atom is 0.235 e. The number of fused-ring (bicyclic) bond motifs is 6. The van der Waals surface area contributed by atoms with E-state index in [0.717, 1.165) is 66.6 Å². The molecule has 0 aliphatic heterocycles. The minimum Gasteiger partial charge on any atom is -0.309 e. The lowest BCUT2D eigenvalue weighted by Gasteiger charge is -2.10. The van der Waals surface area contributed by atoms with Gasteiger partial charge in [-0.15, -0.1) is 0 Å². The van der Waals surface area contributed by atoms with E-state index < -0.39 is 0 Å². The van der Waals surface area contributed by atoms with Crippen molar-refractivity contribution in [1.29, 1.82) is 0 Å². The Kier molecular flexibility index (Phi) is 7.38. The summed E-state index contributed by atoms with van der Waals surface area (Å²) in [6.07, 6.45) is 5.61. The van der Waals surface area contributed by atoms with Gasteiger partial charge in [0.05, 0.1) is 27.8 Å². The Morgan fingerprint density at radius 2 is 0.929 bits per heavy atom. The van der Waals surface area contributed by atoms with Gasteiger partial charge < -0.3 is 4.57 Å². The van der Waals surface area contributed by atoms with Gasteiger partial charge in [-0.3, -0.25) is 4.57 Å². The topological polar surface area (TPSA) is 61.4 Å². The standard InChI is InChI=1S/C50H32N6/c1-3-12-33(13-4-1)49-52-31-38(32-53-49)34-14-11-15-37(28-34)44-26-27-51-50(54-44)56-46-21-10-8-19-41(46)43-29-35(23-25-47(43)56)36-22-24-42-40-18-7-9-20-45(40)55(48(42)30-36)39-16-5-2-6-17-39/h1-32H. The molecule has 262 valence electrons. The number of aromatic nitrogens is 6. The second kappa shape index (κ2) is 13.0. The molecule has 4 heterocycles.